The van der Waals surface area contributed by atoms with E-state index >= 15 is 8.78 Å². The molecule has 0 amide bonds. The Bertz CT molecular complexity index is 1010. The molecule has 0 aromatic heterocycles. The van der Waals surface area contributed by atoms with Gasteiger partial charge in [-0.3, -0.25) is 0 Å². The molecule has 1 aliphatic rings. The third kappa shape index (κ3) is 6.40. The first kappa shape index (κ1) is 36.3. The molecule has 2 unspecified atom stereocenters. The molecule has 1 heterocycles. The molecule has 0 aromatic carbocycles. The molecule has 238 valence electrons. The normalized spacial score (nSPS) is 23.7. The predicted octanol–water partition coefficient (Wildman–Crippen LogP) is 4.94. The van der Waals surface area contributed by atoms with Gasteiger partial charge in [-0.15, -0.1) is 0 Å². The lowest BCUT2D eigenvalue weighted by atomic mass is 9.79. The second-order valence-corrected chi connectivity index (χ2v) is 8.55. The average molecular weight is 636 g/mol. The Balaban J connectivity index is 3.20. The fourth-order valence-electron chi connectivity index (χ4n) is 3.07. The fourth-order valence-corrected chi connectivity index (χ4v) is 3.07. The van der Waals surface area contributed by atoms with E-state index in [2.05, 4.69) is 32.1 Å². The van der Waals surface area contributed by atoms with E-state index in [-0.39, 0.29) is 0 Å². The molecule has 0 saturated carbocycles. The lowest BCUT2D eigenvalue weighted by Crippen LogP contribution is -2.66. The summed E-state index contributed by atoms with van der Waals surface area (Å²) >= 11 is 0. The van der Waals surface area contributed by atoms with Gasteiger partial charge in [0.2, 0.25) is 0 Å². The van der Waals surface area contributed by atoms with Gasteiger partial charge >= 0.3 is 48.4 Å². The summed E-state index contributed by atoms with van der Waals surface area (Å²) in [7, 11) is 0. The average Bonchev–Trinajstić information content (AvgIpc) is 3.01. The molecule has 0 bridgehead atoms. The van der Waals surface area contributed by atoms with Crippen molar-refractivity contribution in [2.24, 2.45) is 5.41 Å². The molecular formula is C20H18F14O7. The van der Waals surface area contributed by atoms with Crippen molar-refractivity contribution in [3.63, 3.8) is 0 Å². The number of rotatable bonds is 10. The first-order chi connectivity index (χ1) is 18.0. The summed E-state index contributed by atoms with van der Waals surface area (Å²) in [5.41, 5.74) is -12.4. The van der Waals surface area contributed by atoms with Crippen LogP contribution in [0.25, 0.3) is 0 Å². The molecule has 1 aliphatic heterocycles. The maximum Gasteiger partial charge on any atom is 0.449 e. The number of hydrogen-bond acceptors (Lipinski definition) is 7. The zero-order valence-corrected chi connectivity index (χ0v) is 20.1. The van der Waals surface area contributed by atoms with Gasteiger partial charge in [0.15, 0.2) is 5.41 Å². The molecule has 1 rings (SSSR count). The molecule has 7 nitrogen and oxygen atoms in total. The number of esters is 2. The van der Waals surface area contributed by atoms with E-state index in [4.69, 9.17) is 5.11 Å². The Hall–Kier alpha value is -2.68. The smallest absolute Gasteiger partial charge is 0.449 e. The fraction of sp³-hybridized carbons (Fsp3) is 0.700. The highest BCUT2D eigenvalue weighted by atomic mass is 19.4. The Labute approximate surface area is 219 Å². The van der Waals surface area contributed by atoms with E-state index < -0.39 is 103 Å². The van der Waals surface area contributed by atoms with Crippen LogP contribution in [0.4, 0.5) is 61.5 Å². The highest BCUT2D eigenvalue weighted by Gasteiger charge is 2.89. The summed E-state index contributed by atoms with van der Waals surface area (Å²) in [6.45, 7) is -2.47. The Morgan fingerprint density at radius 3 is 1.73 bits per heavy atom. The first-order valence-corrected chi connectivity index (χ1v) is 10.4. The third-order valence-corrected chi connectivity index (χ3v) is 5.62. The third-order valence-electron chi connectivity index (χ3n) is 5.62. The van der Waals surface area contributed by atoms with Gasteiger partial charge < -0.3 is 24.1 Å². The van der Waals surface area contributed by atoms with Crippen LogP contribution in [0.15, 0.2) is 24.3 Å². The second-order valence-electron chi connectivity index (χ2n) is 8.55. The van der Waals surface area contributed by atoms with Gasteiger partial charge in [-0.05, 0) is 6.92 Å². The lowest BCUT2D eigenvalue weighted by molar-refractivity contribution is -0.429. The van der Waals surface area contributed by atoms with E-state index in [1.807, 2.05) is 0 Å². The zero-order chi connectivity index (χ0) is 32.7. The highest BCUT2D eigenvalue weighted by molar-refractivity contribution is 5.88. The summed E-state index contributed by atoms with van der Waals surface area (Å²) in [4.78, 5) is 23.2. The molecule has 1 fully saturated rings. The molecule has 2 atom stereocenters. The molecule has 0 aromatic rings. The summed E-state index contributed by atoms with van der Waals surface area (Å²) in [6.07, 6.45) is -27.9. The molecule has 1 N–H and O–H groups in total. The Kier molecular flexibility index (Phi) is 9.92. The number of carbonyl (C=O) groups excluding carboxylic acids is 2. The summed E-state index contributed by atoms with van der Waals surface area (Å²) in [5, 5.41) is 8.95. The monoisotopic (exact) mass is 636 g/mol. The van der Waals surface area contributed by atoms with Crippen molar-refractivity contribution in [2.45, 2.75) is 55.4 Å². The largest absolute Gasteiger partial charge is 0.462 e. The van der Waals surface area contributed by atoms with Gasteiger partial charge in [0.05, 0.1) is 25.4 Å². The van der Waals surface area contributed by atoms with Crippen LogP contribution in [0.2, 0.25) is 0 Å². The van der Waals surface area contributed by atoms with E-state index in [1.165, 1.54) is 0 Å². The summed E-state index contributed by atoms with van der Waals surface area (Å²) in [5.74, 6) is -15.5. The minimum atomic E-state index is -6.53. The van der Waals surface area contributed by atoms with Gasteiger partial charge in [0.1, 0.15) is 6.61 Å². The maximum atomic E-state index is 15.1. The quantitative estimate of drug-likeness (QED) is 0.207. The first-order valence-electron chi connectivity index (χ1n) is 10.4. The Morgan fingerprint density at radius 2 is 1.34 bits per heavy atom. The second kappa shape index (κ2) is 11.2. The van der Waals surface area contributed by atoms with Crippen LogP contribution in [0, 0.1) is 5.41 Å². The van der Waals surface area contributed by atoms with Gasteiger partial charge in [-0.1, -0.05) is 13.2 Å². The van der Waals surface area contributed by atoms with Crippen LogP contribution in [0.5, 0.6) is 0 Å². The number of halogens is 14. The summed E-state index contributed by atoms with van der Waals surface area (Å²) in [6, 6.07) is 0. The van der Waals surface area contributed by atoms with E-state index in [9.17, 15) is 62.3 Å². The van der Waals surface area contributed by atoms with Gasteiger partial charge in [0.25, 0.3) is 5.60 Å². The molecule has 41 heavy (non-hydrogen) atoms. The highest BCUT2D eigenvalue weighted by Crippen LogP contribution is 2.64. The molecule has 0 radical (unpaired) electrons. The van der Waals surface area contributed by atoms with Gasteiger partial charge in [0, 0.05) is 12.0 Å². The van der Waals surface area contributed by atoms with Crippen LogP contribution in [-0.4, -0.2) is 85.5 Å². The van der Waals surface area contributed by atoms with Crippen LogP contribution < -0.4 is 0 Å². The van der Waals surface area contributed by atoms with Crippen molar-refractivity contribution in [1.82, 2.24) is 0 Å². The number of ether oxygens (including phenoxy) is 4. The zero-order valence-electron chi connectivity index (χ0n) is 20.1. The number of alkyl halides is 14. The van der Waals surface area contributed by atoms with Crippen molar-refractivity contribution >= 4 is 11.9 Å². The van der Waals surface area contributed by atoms with Crippen LogP contribution in [0.3, 0.4) is 0 Å². The minimum absolute atomic E-state index is 0.624. The topological polar surface area (TPSA) is 91.3 Å². The number of aliphatic hydroxyl groups is 1. The Morgan fingerprint density at radius 1 is 0.854 bits per heavy atom. The van der Waals surface area contributed by atoms with Crippen molar-refractivity contribution in [1.29, 1.82) is 0 Å². The van der Waals surface area contributed by atoms with Crippen molar-refractivity contribution in [3.05, 3.63) is 24.3 Å². The maximum absolute atomic E-state index is 15.1. The number of hydrogen-bond donors (Lipinski definition) is 1. The molecular weight excluding hydrogens is 618 g/mol. The van der Waals surface area contributed by atoms with E-state index in [0.717, 1.165) is 6.92 Å². The van der Waals surface area contributed by atoms with Gasteiger partial charge in [-0.25, -0.2) is 9.59 Å². The SMILES string of the molecule is C=C(C)C(=O)OCC1(C(F)(F)F)COC(OCC(=C)C(=O)OCCC(O)(C(F)(F)F)C(F)(F)F)(C(F)(F)F)C1(F)F. The van der Waals surface area contributed by atoms with Crippen LogP contribution >= 0.6 is 0 Å². The van der Waals surface area contributed by atoms with Crippen molar-refractivity contribution in [2.75, 3.05) is 26.4 Å². The summed E-state index contributed by atoms with van der Waals surface area (Å²) < 4.78 is 204. The standard InChI is InChI=1S/C20H18F14O7/c1-9(2)11(35)39-7-13(17(23,24)25)8-41-16(15(13,21)22,20(32,33)34)40-6-10(3)12(36)38-5-4-14(37,18(26,27)28)19(29,30)31/h37H,1,3-8H2,2H3. The predicted molar refractivity (Wildman–Crippen MR) is 102 cm³/mol. The van der Waals surface area contributed by atoms with E-state index in [1.54, 1.807) is 0 Å². The van der Waals surface area contributed by atoms with Crippen LogP contribution in [-0.2, 0) is 28.5 Å². The molecule has 1 saturated heterocycles. The number of carbonyl (C=O) groups is 2. The van der Waals surface area contributed by atoms with Gasteiger partial charge in [-0.2, -0.15) is 61.5 Å². The molecule has 0 spiro atoms. The molecule has 0 aliphatic carbocycles. The van der Waals surface area contributed by atoms with Crippen molar-refractivity contribution < 1.29 is 95.1 Å². The van der Waals surface area contributed by atoms with E-state index in [0.29, 0.717) is 0 Å². The molecule has 21 heteroatoms. The van der Waals surface area contributed by atoms with Crippen LogP contribution in [0.1, 0.15) is 13.3 Å². The lowest BCUT2D eigenvalue weighted by Gasteiger charge is -2.40. The van der Waals surface area contributed by atoms with Crippen molar-refractivity contribution in [3.8, 4) is 0 Å². The minimum Gasteiger partial charge on any atom is -0.462 e.